The van der Waals surface area contributed by atoms with Crippen LogP contribution in [0.25, 0.3) is 0 Å². The first kappa shape index (κ1) is 15.9. The van der Waals surface area contributed by atoms with Crippen molar-refractivity contribution in [3.05, 3.63) is 48.5 Å². The molecule has 2 aromatic rings. The van der Waals surface area contributed by atoms with Gasteiger partial charge in [0.1, 0.15) is 17.8 Å². The molecule has 0 saturated heterocycles. The van der Waals surface area contributed by atoms with Crippen LogP contribution in [-0.4, -0.2) is 12.3 Å². The lowest BCUT2D eigenvalue weighted by atomic mass is 9.87. The summed E-state index contributed by atoms with van der Waals surface area (Å²) in [4.78, 5) is 11.1. The molecule has 0 fully saturated rings. The van der Waals surface area contributed by atoms with Crippen LogP contribution in [0.15, 0.2) is 48.5 Å². The second-order valence-electron chi connectivity index (χ2n) is 6.00. The first-order chi connectivity index (χ1) is 10.4. The number of carbonyl (C=O) groups excluding carboxylic acids is 1. The highest BCUT2D eigenvalue weighted by Crippen LogP contribution is 2.26. The summed E-state index contributed by atoms with van der Waals surface area (Å²) < 4.78 is 5.74. The van der Waals surface area contributed by atoms with Crippen molar-refractivity contribution >= 4 is 17.7 Å². The van der Waals surface area contributed by atoms with Gasteiger partial charge in [-0.3, -0.25) is 0 Å². The summed E-state index contributed by atoms with van der Waals surface area (Å²) in [5.74, 6) is 1.49. The predicted molar refractivity (Wildman–Crippen MR) is 90.3 cm³/mol. The Morgan fingerprint density at radius 1 is 1.05 bits per heavy atom. The van der Waals surface area contributed by atoms with Crippen molar-refractivity contribution in [1.82, 2.24) is 0 Å². The summed E-state index contributed by atoms with van der Waals surface area (Å²) >= 11 is 0. The molecular weight excluding hydrogens is 276 g/mol. The standard InChI is InChI=1S/C18H22N2O2/c1-13(18(2,3)12-21)20-15-6-10-17(11-7-15)22-16-8-4-14(19)5-9-16/h4-13,20H,19H2,1-3H3. The van der Waals surface area contributed by atoms with Gasteiger partial charge >= 0.3 is 0 Å². The Kier molecular flexibility index (Phi) is 4.71. The van der Waals surface area contributed by atoms with Crippen LogP contribution in [0.1, 0.15) is 20.8 Å². The van der Waals surface area contributed by atoms with Crippen molar-refractivity contribution in [2.45, 2.75) is 26.8 Å². The van der Waals surface area contributed by atoms with Gasteiger partial charge in [-0.05, 0) is 55.5 Å². The molecule has 0 bridgehead atoms. The van der Waals surface area contributed by atoms with E-state index in [4.69, 9.17) is 10.5 Å². The van der Waals surface area contributed by atoms with Crippen LogP contribution in [0.4, 0.5) is 11.4 Å². The Balaban J connectivity index is 2.01. The number of hydrogen-bond acceptors (Lipinski definition) is 4. The molecule has 0 aliphatic rings. The summed E-state index contributed by atoms with van der Waals surface area (Å²) in [5, 5.41) is 3.33. The molecule has 1 unspecified atom stereocenters. The molecule has 1 atom stereocenters. The number of ether oxygens (including phenoxy) is 1. The van der Waals surface area contributed by atoms with Gasteiger partial charge in [0, 0.05) is 22.8 Å². The Bertz CT molecular complexity index is 619. The molecule has 0 heterocycles. The van der Waals surface area contributed by atoms with Crippen LogP contribution in [0, 0.1) is 5.41 Å². The van der Waals surface area contributed by atoms with Crippen LogP contribution < -0.4 is 15.8 Å². The van der Waals surface area contributed by atoms with Crippen molar-refractivity contribution in [2.24, 2.45) is 5.41 Å². The SMILES string of the molecule is CC(Nc1ccc(Oc2ccc(N)cc2)cc1)C(C)(C)C=O. The Morgan fingerprint density at radius 2 is 1.55 bits per heavy atom. The highest BCUT2D eigenvalue weighted by atomic mass is 16.5. The zero-order valence-electron chi connectivity index (χ0n) is 13.2. The zero-order valence-corrected chi connectivity index (χ0v) is 13.2. The Morgan fingerprint density at radius 3 is 2.05 bits per heavy atom. The fourth-order valence-corrected chi connectivity index (χ4v) is 1.83. The molecule has 4 nitrogen and oxygen atoms in total. The highest BCUT2D eigenvalue weighted by molar-refractivity contribution is 5.61. The third-order valence-electron chi connectivity index (χ3n) is 3.77. The monoisotopic (exact) mass is 298 g/mol. The fraction of sp³-hybridized carbons (Fsp3) is 0.278. The van der Waals surface area contributed by atoms with Gasteiger partial charge in [0.25, 0.3) is 0 Å². The molecule has 3 N–H and O–H groups in total. The van der Waals surface area contributed by atoms with Gasteiger partial charge in [0.15, 0.2) is 0 Å². The minimum Gasteiger partial charge on any atom is -0.457 e. The lowest BCUT2D eigenvalue weighted by Crippen LogP contribution is -2.34. The summed E-state index contributed by atoms with van der Waals surface area (Å²) in [5.41, 5.74) is 6.88. The van der Waals surface area contributed by atoms with Crippen molar-refractivity contribution in [1.29, 1.82) is 0 Å². The van der Waals surface area contributed by atoms with E-state index in [9.17, 15) is 4.79 Å². The van der Waals surface area contributed by atoms with Crippen molar-refractivity contribution in [2.75, 3.05) is 11.1 Å². The van der Waals surface area contributed by atoms with Crippen molar-refractivity contribution < 1.29 is 9.53 Å². The number of aldehydes is 1. The highest BCUT2D eigenvalue weighted by Gasteiger charge is 2.24. The second kappa shape index (κ2) is 6.52. The van der Waals surface area contributed by atoms with Crippen LogP contribution in [-0.2, 0) is 4.79 Å². The van der Waals surface area contributed by atoms with Gasteiger partial charge in [-0.25, -0.2) is 0 Å². The molecule has 0 radical (unpaired) electrons. The number of anilines is 2. The third kappa shape index (κ3) is 4.01. The lowest BCUT2D eigenvalue weighted by molar-refractivity contribution is -0.115. The number of hydrogen-bond donors (Lipinski definition) is 2. The smallest absolute Gasteiger partial charge is 0.127 e. The Hall–Kier alpha value is -2.49. The number of nitrogen functional groups attached to an aromatic ring is 1. The molecule has 0 aliphatic heterocycles. The Labute approximate surface area is 131 Å². The van der Waals surface area contributed by atoms with Crippen LogP contribution in [0.3, 0.4) is 0 Å². The largest absolute Gasteiger partial charge is 0.457 e. The predicted octanol–water partition coefficient (Wildman–Crippen LogP) is 4.09. The van der Waals surface area contributed by atoms with E-state index in [1.54, 1.807) is 12.1 Å². The first-order valence-electron chi connectivity index (χ1n) is 7.27. The average Bonchev–Trinajstić information content (AvgIpc) is 2.51. The number of nitrogens with one attached hydrogen (secondary N) is 1. The summed E-state index contributed by atoms with van der Waals surface area (Å²) in [6.07, 6.45) is 0.975. The minimum atomic E-state index is -0.418. The fourth-order valence-electron chi connectivity index (χ4n) is 1.83. The quantitative estimate of drug-likeness (QED) is 0.623. The van der Waals surface area contributed by atoms with Gasteiger partial charge in [0.2, 0.25) is 0 Å². The maximum Gasteiger partial charge on any atom is 0.127 e. The molecule has 2 aromatic carbocycles. The van der Waals surface area contributed by atoms with E-state index in [2.05, 4.69) is 5.32 Å². The molecule has 22 heavy (non-hydrogen) atoms. The van der Waals surface area contributed by atoms with E-state index in [0.29, 0.717) is 5.69 Å². The van der Waals surface area contributed by atoms with E-state index in [-0.39, 0.29) is 6.04 Å². The van der Waals surface area contributed by atoms with Crippen LogP contribution >= 0.6 is 0 Å². The van der Waals surface area contributed by atoms with Gasteiger partial charge in [-0.1, -0.05) is 13.8 Å². The molecule has 0 spiro atoms. The van der Waals surface area contributed by atoms with Crippen LogP contribution in [0.2, 0.25) is 0 Å². The van der Waals surface area contributed by atoms with Gasteiger partial charge in [-0.2, -0.15) is 0 Å². The number of nitrogens with two attached hydrogens (primary N) is 1. The number of carbonyl (C=O) groups is 1. The second-order valence-corrected chi connectivity index (χ2v) is 6.00. The molecule has 0 saturated carbocycles. The van der Waals surface area contributed by atoms with E-state index in [1.165, 1.54) is 0 Å². The van der Waals surface area contributed by atoms with Crippen molar-refractivity contribution in [3.8, 4) is 11.5 Å². The minimum absolute atomic E-state index is 0.0360. The summed E-state index contributed by atoms with van der Waals surface area (Å²) in [6, 6.07) is 14.9. The van der Waals surface area contributed by atoms with Gasteiger partial charge in [0.05, 0.1) is 0 Å². The molecule has 0 aliphatic carbocycles. The van der Waals surface area contributed by atoms with E-state index < -0.39 is 5.41 Å². The molecule has 4 heteroatoms. The normalized spacial score (nSPS) is 12.5. The van der Waals surface area contributed by atoms with Crippen molar-refractivity contribution in [3.63, 3.8) is 0 Å². The summed E-state index contributed by atoms with van der Waals surface area (Å²) in [6.45, 7) is 5.82. The first-order valence-corrected chi connectivity index (χ1v) is 7.27. The number of benzene rings is 2. The lowest BCUT2D eigenvalue weighted by Gasteiger charge is -2.27. The molecule has 0 amide bonds. The van der Waals surface area contributed by atoms with E-state index in [1.807, 2.05) is 57.2 Å². The number of rotatable bonds is 6. The molecular formula is C18H22N2O2. The van der Waals surface area contributed by atoms with Gasteiger partial charge < -0.3 is 20.6 Å². The van der Waals surface area contributed by atoms with E-state index >= 15 is 0 Å². The maximum atomic E-state index is 11.1. The maximum absolute atomic E-state index is 11.1. The van der Waals surface area contributed by atoms with Gasteiger partial charge in [-0.15, -0.1) is 0 Å². The topological polar surface area (TPSA) is 64.3 Å². The molecule has 116 valence electrons. The van der Waals surface area contributed by atoms with E-state index in [0.717, 1.165) is 23.5 Å². The molecule has 0 aromatic heterocycles. The van der Waals surface area contributed by atoms with Crippen LogP contribution in [0.5, 0.6) is 11.5 Å². The third-order valence-corrected chi connectivity index (χ3v) is 3.77. The average molecular weight is 298 g/mol. The molecule has 2 rings (SSSR count). The summed E-state index contributed by atoms with van der Waals surface area (Å²) in [7, 11) is 0. The zero-order chi connectivity index (χ0) is 16.2.